The van der Waals surface area contributed by atoms with E-state index in [0.717, 1.165) is 17.7 Å². The molecular weight excluding hydrogens is 268 g/mol. The molecule has 104 valence electrons. The van der Waals surface area contributed by atoms with Crippen LogP contribution in [0.3, 0.4) is 0 Å². The third-order valence-electron chi connectivity index (χ3n) is 4.30. The van der Waals surface area contributed by atoms with E-state index in [9.17, 15) is 0 Å². The highest BCUT2D eigenvalue weighted by Crippen LogP contribution is 2.47. The fourth-order valence-electron chi connectivity index (χ4n) is 2.62. The van der Waals surface area contributed by atoms with Crippen LogP contribution in [0.1, 0.15) is 20.3 Å². The second kappa shape index (κ2) is 5.14. The Hall–Kier alpha value is -1.47. The third-order valence-corrected chi connectivity index (χ3v) is 5.04. The minimum Gasteiger partial charge on any atom is -0.489 e. The molecule has 0 aromatic heterocycles. The van der Waals surface area contributed by atoms with Crippen LogP contribution >= 0.6 is 11.6 Å². The molecule has 2 heteroatoms. The van der Waals surface area contributed by atoms with E-state index in [2.05, 4.69) is 32.0 Å². The standard InChI is InChI=1S/C18H19ClO/c1-18(2)16(19)12-17(18)20-15-11-7-6-10-14(15)13-8-4-3-5-9-13/h3-11,16-17H,12H2,1-2H3. The summed E-state index contributed by atoms with van der Waals surface area (Å²) in [6, 6.07) is 18.6. The van der Waals surface area contributed by atoms with Crippen molar-refractivity contribution in [1.82, 2.24) is 0 Å². The molecule has 2 unspecified atom stereocenters. The molecule has 0 radical (unpaired) electrons. The van der Waals surface area contributed by atoms with Crippen LogP contribution in [-0.2, 0) is 0 Å². The Morgan fingerprint density at radius 3 is 2.30 bits per heavy atom. The first-order valence-electron chi connectivity index (χ1n) is 7.04. The van der Waals surface area contributed by atoms with Crippen LogP contribution in [0.25, 0.3) is 11.1 Å². The zero-order valence-corrected chi connectivity index (χ0v) is 12.6. The summed E-state index contributed by atoms with van der Waals surface area (Å²) in [4.78, 5) is 0. The Bertz CT molecular complexity index is 591. The SMILES string of the molecule is CC1(C)C(Cl)CC1Oc1ccccc1-c1ccccc1. The van der Waals surface area contributed by atoms with Crippen molar-refractivity contribution in [3.8, 4) is 16.9 Å². The molecule has 20 heavy (non-hydrogen) atoms. The molecule has 1 aliphatic rings. The average molecular weight is 287 g/mol. The molecule has 2 aromatic carbocycles. The number of halogens is 1. The quantitative estimate of drug-likeness (QED) is 0.710. The smallest absolute Gasteiger partial charge is 0.127 e. The predicted octanol–water partition coefficient (Wildman–Crippen LogP) is 5.14. The van der Waals surface area contributed by atoms with Crippen molar-refractivity contribution >= 4 is 11.6 Å². The molecule has 0 heterocycles. The van der Waals surface area contributed by atoms with Crippen LogP contribution < -0.4 is 4.74 Å². The van der Waals surface area contributed by atoms with Gasteiger partial charge >= 0.3 is 0 Å². The van der Waals surface area contributed by atoms with Crippen molar-refractivity contribution in [1.29, 1.82) is 0 Å². The Morgan fingerprint density at radius 1 is 1.00 bits per heavy atom. The first-order valence-corrected chi connectivity index (χ1v) is 7.48. The van der Waals surface area contributed by atoms with Crippen molar-refractivity contribution in [3.05, 3.63) is 54.6 Å². The topological polar surface area (TPSA) is 9.23 Å². The lowest BCUT2D eigenvalue weighted by Crippen LogP contribution is -2.53. The third kappa shape index (κ3) is 2.31. The van der Waals surface area contributed by atoms with Crippen molar-refractivity contribution in [2.45, 2.75) is 31.7 Å². The van der Waals surface area contributed by atoms with Gasteiger partial charge in [-0.15, -0.1) is 11.6 Å². The zero-order chi connectivity index (χ0) is 14.2. The highest BCUT2D eigenvalue weighted by Gasteiger charge is 2.49. The van der Waals surface area contributed by atoms with Gasteiger partial charge < -0.3 is 4.74 Å². The van der Waals surface area contributed by atoms with E-state index in [0.29, 0.717) is 0 Å². The van der Waals surface area contributed by atoms with Crippen LogP contribution in [0.15, 0.2) is 54.6 Å². The number of ether oxygens (including phenoxy) is 1. The van der Waals surface area contributed by atoms with Crippen LogP contribution in [0.5, 0.6) is 5.75 Å². The van der Waals surface area contributed by atoms with E-state index < -0.39 is 0 Å². The Morgan fingerprint density at radius 2 is 1.65 bits per heavy atom. The van der Waals surface area contributed by atoms with Gasteiger partial charge in [-0.25, -0.2) is 0 Å². The van der Waals surface area contributed by atoms with E-state index in [4.69, 9.17) is 16.3 Å². The maximum Gasteiger partial charge on any atom is 0.127 e. The van der Waals surface area contributed by atoms with Gasteiger partial charge in [0.2, 0.25) is 0 Å². The second-order valence-electron chi connectivity index (χ2n) is 5.99. The molecule has 0 saturated heterocycles. The zero-order valence-electron chi connectivity index (χ0n) is 11.8. The minimum absolute atomic E-state index is 0.0331. The fourth-order valence-corrected chi connectivity index (χ4v) is 2.92. The lowest BCUT2D eigenvalue weighted by Gasteiger charge is -2.48. The van der Waals surface area contributed by atoms with Crippen molar-refractivity contribution in [2.24, 2.45) is 5.41 Å². The maximum absolute atomic E-state index is 6.28. The van der Waals surface area contributed by atoms with Gasteiger partial charge in [-0.2, -0.15) is 0 Å². The van der Waals surface area contributed by atoms with Crippen LogP contribution in [-0.4, -0.2) is 11.5 Å². The largest absolute Gasteiger partial charge is 0.489 e. The highest BCUT2D eigenvalue weighted by atomic mass is 35.5. The molecule has 0 N–H and O–H groups in total. The molecule has 3 rings (SSSR count). The van der Waals surface area contributed by atoms with Crippen LogP contribution in [0, 0.1) is 5.41 Å². The number of benzene rings is 2. The van der Waals surface area contributed by atoms with Crippen molar-refractivity contribution < 1.29 is 4.74 Å². The van der Waals surface area contributed by atoms with Gasteiger partial charge in [-0.1, -0.05) is 62.4 Å². The summed E-state index contributed by atoms with van der Waals surface area (Å²) in [5.41, 5.74) is 2.36. The van der Waals surface area contributed by atoms with Gasteiger partial charge in [0.25, 0.3) is 0 Å². The summed E-state index contributed by atoms with van der Waals surface area (Å²) >= 11 is 6.28. The Balaban J connectivity index is 1.88. The highest BCUT2D eigenvalue weighted by molar-refractivity contribution is 6.21. The number of alkyl halides is 1. The van der Waals surface area contributed by atoms with Crippen molar-refractivity contribution in [3.63, 3.8) is 0 Å². The molecule has 0 bridgehead atoms. The fraction of sp³-hybridized carbons (Fsp3) is 0.333. The minimum atomic E-state index is 0.0331. The normalized spacial score (nSPS) is 23.9. The first-order chi connectivity index (χ1) is 9.59. The van der Waals surface area contributed by atoms with Crippen molar-refractivity contribution in [2.75, 3.05) is 0 Å². The van der Waals surface area contributed by atoms with Gasteiger partial charge in [0, 0.05) is 22.8 Å². The molecule has 0 amide bonds. The summed E-state index contributed by atoms with van der Waals surface area (Å²) in [7, 11) is 0. The molecular formula is C18H19ClO. The number of hydrogen-bond acceptors (Lipinski definition) is 1. The first kappa shape index (κ1) is 13.5. The summed E-state index contributed by atoms with van der Waals surface area (Å²) in [5.74, 6) is 0.945. The number of hydrogen-bond donors (Lipinski definition) is 0. The van der Waals surface area contributed by atoms with Gasteiger partial charge in [0.05, 0.1) is 0 Å². The van der Waals surface area contributed by atoms with Gasteiger partial charge in [-0.05, 0) is 11.6 Å². The maximum atomic E-state index is 6.28. The van der Waals surface area contributed by atoms with E-state index in [1.807, 2.05) is 36.4 Å². The number of rotatable bonds is 3. The predicted molar refractivity (Wildman–Crippen MR) is 84.3 cm³/mol. The van der Waals surface area contributed by atoms with E-state index in [-0.39, 0.29) is 16.9 Å². The molecule has 1 saturated carbocycles. The Kier molecular flexibility index (Phi) is 3.47. The van der Waals surface area contributed by atoms with Crippen LogP contribution in [0.4, 0.5) is 0 Å². The molecule has 1 nitrogen and oxygen atoms in total. The average Bonchev–Trinajstić information content (AvgIpc) is 2.48. The van der Waals surface area contributed by atoms with Gasteiger partial charge in [0.15, 0.2) is 0 Å². The second-order valence-corrected chi connectivity index (χ2v) is 6.52. The monoisotopic (exact) mass is 286 g/mol. The molecule has 2 aromatic rings. The van der Waals surface area contributed by atoms with Gasteiger partial charge in [0.1, 0.15) is 11.9 Å². The molecule has 1 aliphatic carbocycles. The number of para-hydroxylation sites is 1. The van der Waals surface area contributed by atoms with E-state index in [1.165, 1.54) is 5.56 Å². The summed E-state index contributed by atoms with van der Waals surface area (Å²) in [6.07, 6.45) is 1.10. The van der Waals surface area contributed by atoms with Gasteiger partial charge in [-0.3, -0.25) is 0 Å². The molecule has 0 aliphatic heterocycles. The molecule has 2 atom stereocenters. The van der Waals surface area contributed by atoms with E-state index in [1.54, 1.807) is 0 Å². The van der Waals surface area contributed by atoms with E-state index >= 15 is 0 Å². The Labute approximate surface area is 125 Å². The molecule has 0 spiro atoms. The lowest BCUT2D eigenvalue weighted by molar-refractivity contribution is -0.0126. The summed E-state index contributed by atoms with van der Waals surface area (Å²) in [5, 5.41) is 0.205. The summed E-state index contributed by atoms with van der Waals surface area (Å²) < 4.78 is 6.24. The van der Waals surface area contributed by atoms with Crippen LogP contribution in [0.2, 0.25) is 0 Å². The summed E-state index contributed by atoms with van der Waals surface area (Å²) in [6.45, 7) is 4.34. The lowest BCUT2D eigenvalue weighted by atomic mass is 9.68. The molecule has 1 fully saturated rings.